The van der Waals surface area contributed by atoms with Crippen molar-refractivity contribution in [2.24, 2.45) is 5.92 Å². The standard InChI is InChI=1S/C15H19FN2O3/c1-17(9-12-4-2-3-5-13(12)16)14(19)10-18-7-11(8-18)6-15(20)21/h2-5,11H,6-10H2,1H3,(H,20,21). The van der Waals surface area contributed by atoms with E-state index in [0.29, 0.717) is 18.7 Å². The van der Waals surface area contributed by atoms with E-state index in [1.807, 2.05) is 4.90 Å². The molecule has 1 fully saturated rings. The summed E-state index contributed by atoms with van der Waals surface area (Å²) in [7, 11) is 1.64. The molecule has 1 aliphatic heterocycles. The smallest absolute Gasteiger partial charge is 0.303 e. The number of amides is 1. The van der Waals surface area contributed by atoms with E-state index in [0.717, 1.165) is 0 Å². The van der Waals surface area contributed by atoms with Gasteiger partial charge in [0.1, 0.15) is 5.82 Å². The van der Waals surface area contributed by atoms with Gasteiger partial charge in [0.25, 0.3) is 0 Å². The van der Waals surface area contributed by atoms with E-state index < -0.39 is 5.97 Å². The number of hydrogen-bond acceptors (Lipinski definition) is 3. The van der Waals surface area contributed by atoms with Crippen LogP contribution in [0, 0.1) is 11.7 Å². The number of carboxylic acid groups (broad SMARTS) is 1. The molecule has 0 aliphatic carbocycles. The highest BCUT2D eigenvalue weighted by Gasteiger charge is 2.30. The van der Waals surface area contributed by atoms with Gasteiger partial charge in [0, 0.05) is 32.2 Å². The highest BCUT2D eigenvalue weighted by atomic mass is 19.1. The lowest BCUT2D eigenvalue weighted by Crippen LogP contribution is -2.51. The van der Waals surface area contributed by atoms with Gasteiger partial charge in [-0.05, 0) is 12.0 Å². The molecule has 21 heavy (non-hydrogen) atoms. The number of benzene rings is 1. The number of halogens is 1. The Bertz CT molecular complexity index is 529. The zero-order valence-corrected chi connectivity index (χ0v) is 12.0. The van der Waals surface area contributed by atoms with Gasteiger partial charge in [0.2, 0.25) is 5.91 Å². The maximum atomic E-state index is 13.5. The number of hydrogen-bond donors (Lipinski definition) is 1. The lowest BCUT2D eigenvalue weighted by Gasteiger charge is -2.38. The molecular formula is C15H19FN2O3. The molecule has 1 aliphatic rings. The van der Waals surface area contributed by atoms with Crippen LogP contribution in [0.1, 0.15) is 12.0 Å². The molecule has 1 amide bonds. The molecule has 0 bridgehead atoms. The number of nitrogens with zero attached hydrogens (tertiary/aromatic N) is 2. The van der Waals surface area contributed by atoms with Crippen LogP contribution in [0.4, 0.5) is 4.39 Å². The topological polar surface area (TPSA) is 60.9 Å². The Morgan fingerprint density at radius 1 is 1.38 bits per heavy atom. The van der Waals surface area contributed by atoms with Gasteiger partial charge in [-0.2, -0.15) is 0 Å². The Hall–Kier alpha value is -1.95. The van der Waals surface area contributed by atoms with Crippen LogP contribution in [0.25, 0.3) is 0 Å². The first-order valence-electron chi connectivity index (χ1n) is 6.87. The van der Waals surface area contributed by atoms with E-state index in [9.17, 15) is 14.0 Å². The lowest BCUT2D eigenvalue weighted by atomic mass is 9.96. The Labute approximate surface area is 123 Å². The van der Waals surface area contributed by atoms with E-state index in [1.165, 1.54) is 11.0 Å². The summed E-state index contributed by atoms with van der Waals surface area (Å²) in [4.78, 5) is 26.0. The first-order chi connectivity index (χ1) is 9.95. The van der Waals surface area contributed by atoms with Crippen molar-refractivity contribution >= 4 is 11.9 Å². The van der Waals surface area contributed by atoms with E-state index in [2.05, 4.69) is 0 Å². The van der Waals surface area contributed by atoms with Gasteiger partial charge >= 0.3 is 5.97 Å². The molecule has 5 nitrogen and oxygen atoms in total. The molecule has 1 aromatic rings. The highest BCUT2D eigenvalue weighted by Crippen LogP contribution is 2.19. The van der Waals surface area contributed by atoms with Crippen molar-refractivity contribution in [1.82, 2.24) is 9.80 Å². The van der Waals surface area contributed by atoms with Crippen LogP contribution in [0.5, 0.6) is 0 Å². The first kappa shape index (κ1) is 15.4. The summed E-state index contributed by atoms with van der Waals surface area (Å²) in [6.45, 7) is 1.75. The molecule has 6 heteroatoms. The number of aliphatic carboxylic acids is 1. The van der Waals surface area contributed by atoms with E-state index in [1.54, 1.807) is 25.2 Å². The van der Waals surface area contributed by atoms with Crippen LogP contribution in [0.3, 0.4) is 0 Å². The molecular weight excluding hydrogens is 275 g/mol. The second-order valence-corrected chi connectivity index (χ2v) is 5.50. The van der Waals surface area contributed by atoms with Crippen LogP contribution in [0.2, 0.25) is 0 Å². The molecule has 2 rings (SSSR count). The number of likely N-dealkylation sites (tertiary alicyclic amines) is 1. The zero-order chi connectivity index (χ0) is 15.4. The van der Waals surface area contributed by atoms with Gasteiger partial charge in [-0.25, -0.2) is 4.39 Å². The Balaban J connectivity index is 1.77. The third-order valence-electron chi connectivity index (χ3n) is 3.65. The van der Waals surface area contributed by atoms with Crippen molar-refractivity contribution in [2.45, 2.75) is 13.0 Å². The van der Waals surface area contributed by atoms with E-state index in [4.69, 9.17) is 5.11 Å². The maximum Gasteiger partial charge on any atom is 0.303 e. The Morgan fingerprint density at radius 3 is 2.67 bits per heavy atom. The fourth-order valence-corrected chi connectivity index (χ4v) is 2.46. The Kier molecular flexibility index (Phi) is 4.90. The number of likely N-dealkylation sites (N-methyl/N-ethyl adjacent to an activating group) is 1. The van der Waals surface area contributed by atoms with Crippen LogP contribution in [-0.4, -0.2) is 53.5 Å². The van der Waals surface area contributed by atoms with Gasteiger partial charge < -0.3 is 10.0 Å². The monoisotopic (exact) mass is 294 g/mol. The zero-order valence-electron chi connectivity index (χ0n) is 12.0. The van der Waals surface area contributed by atoms with Crippen molar-refractivity contribution in [1.29, 1.82) is 0 Å². The number of carbonyl (C=O) groups is 2. The summed E-state index contributed by atoms with van der Waals surface area (Å²) >= 11 is 0. The molecule has 0 saturated carbocycles. The summed E-state index contributed by atoms with van der Waals surface area (Å²) in [5.74, 6) is -1.08. The van der Waals surface area contributed by atoms with Crippen molar-refractivity contribution in [2.75, 3.05) is 26.7 Å². The normalized spacial score (nSPS) is 15.5. The largest absolute Gasteiger partial charge is 0.481 e. The summed E-state index contributed by atoms with van der Waals surface area (Å²) in [6, 6.07) is 6.39. The second kappa shape index (κ2) is 6.67. The number of carboxylic acids is 1. The minimum atomic E-state index is -0.803. The van der Waals surface area contributed by atoms with Gasteiger partial charge in [-0.1, -0.05) is 18.2 Å². The third kappa shape index (κ3) is 4.26. The van der Waals surface area contributed by atoms with Gasteiger partial charge in [0.15, 0.2) is 0 Å². The summed E-state index contributed by atoms with van der Waals surface area (Å²) in [6.07, 6.45) is 0.149. The summed E-state index contributed by atoms with van der Waals surface area (Å²) in [5.41, 5.74) is 0.487. The van der Waals surface area contributed by atoms with Gasteiger partial charge in [0.05, 0.1) is 13.0 Å². The number of carbonyl (C=O) groups excluding carboxylic acids is 1. The van der Waals surface area contributed by atoms with Crippen LogP contribution >= 0.6 is 0 Å². The van der Waals surface area contributed by atoms with Crippen LogP contribution < -0.4 is 0 Å². The average molecular weight is 294 g/mol. The lowest BCUT2D eigenvalue weighted by molar-refractivity contribution is -0.140. The molecule has 1 heterocycles. The Morgan fingerprint density at radius 2 is 2.05 bits per heavy atom. The minimum Gasteiger partial charge on any atom is -0.481 e. The highest BCUT2D eigenvalue weighted by molar-refractivity contribution is 5.78. The van der Waals surface area contributed by atoms with Gasteiger partial charge in [-0.3, -0.25) is 14.5 Å². The SMILES string of the molecule is CN(Cc1ccccc1F)C(=O)CN1CC(CC(=O)O)C1. The summed E-state index contributed by atoms with van der Waals surface area (Å²) < 4.78 is 13.5. The van der Waals surface area contributed by atoms with Crippen LogP contribution in [-0.2, 0) is 16.1 Å². The molecule has 0 unspecified atom stereocenters. The number of rotatable bonds is 6. The quantitative estimate of drug-likeness (QED) is 0.856. The third-order valence-corrected chi connectivity index (χ3v) is 3.65. The van der Waals surface area contributed by atoms with Crippen molar-refractivity contribution in [3.8, 4) is 0 Å². The van der Waals surface area contributed by atoms with Crippen molar-refractivity contribution in [3.63, 3.8) is 0 Å². The van der Waals surface area contributed by atoms with E-state index in [-0.39, 0.29) is 37.2 Å². The van der Waals surface area contributed by atoms with Gasteiger partial charge in [-0.15, -0.1) is 0 Å². The second-order valence-electron chi connectivity index (χ2n) is 5.50. The van der Waals surface area contributed by atoms with E-state index >= 15 is 0 Å². The predicted octanol–water partition coefficient (Wildman–Crippen LogP) is 1.19. The van der Waals surface area contributed by atoms with Crippen molar-refractivity contribution in [3.05, 3.63) is 35.6 Å². The molecule has 0 spiro atoms. The molecule has 1 N–H and O–H groups in total. The molecule has 1 aromatic carbocycles. The molecule has 0 atom stereocenters. The maximum absolute atomic E-state index is 13.5. The fraction of sp³-hybridized carbons (Fsp3) is 0.467. The fourth-order valence-electron chi connectivity index (χ4n) is 2.46. The average Bonchev–Trinajstić information content (AvgIpc) is 2.38. The first-order valence-corrected chi connectivity index (χ1v) is 6.87. The molecule has 0 radical (unpaired) electrons. The minimum absolute atomic E-state index is 0.0907. The molecule has 1 saturated heterocycles. The van der Waals surface area contributed by atoms with Crippen molar-refractivity contribution < 1.29 is 19.1 Å². The predicted molar refractivity (Wildman–Crippen MR) is 75.1 cm³/mol. The molecule has 0 aromatic heterocycles. The van der Waals surface area contributed by atoms with Crippen LogP contribution in [0.15, 0.2) is 24.3 Å². The summed E-state index contributed by atoms with van der Waals surface area (Å²) in [5, 5.41) is 8.67. The molecule has 114 valence electrons.